The standard InChI is InChI=1S/C16H22N2O2/c1-11(2)10-14(19)17-13-8-6-12(7-9-13)15(20)18-16(3,4)5/h6-10H,1-5H3,(H,17,19)(H,18,20). The number of benzene rings is 1. The highest BCUT2D eigenvalue weighted by Crippen LogP contribution is 2.11. The highest BCUT2D eigenvalue weighted by atomic mass is 16.2. The first-order valence-corrected chi connectivity index (χ1v) is 6.56. The van der Waals surface area contributed by atoms with Crippen molar-refractivity contribution < 1.29 is 9.59 Å². The summed E-state index contributed by atoms with van der Waals surface area (Å²) < 4.78 is 0. The number of nitrogens with one attached hydrogen (secondary N) is 2. The summed E-state index contributed by atoms with van der Waals surface area (Å²) in [4.78, 5) is 23.5. The van der Waals surface area contributed by atoms with Crippen molar-refractivity contribution in [3.63, 3.8) is 0 Å². The Morgan fingerprint density at radius 3 is 2.05 bits per heavy atom. The van der Waals surface area contributed by atoms with Crippen LogP contribution in [0.1, 0.15) is 45.0 Å². The lowest BCUT2D eigenvalue weighted by Crippen LogP contribution is -2.40. The average Bonchev–Trinajstić information content (AvgIpc) is 2.26. The smallest absolute Gasteiger partial charge is 0.251 e. The van der Waals surface area contributed by atoms with Crippen molar-refractivity contribution in [3.8, 4) is 0 Å². The van der Waals surface area contributed by atoms with Crippen LogP contribution in [0, 0.1) is 0 Å². The van der Waals surface area contributed by atoms with E-state index in [1.54, 1.807) is 24.3 Å². The summed E-state index contributed by atoms with van der Waals surface area (Å²) in [5.41, 5.74) is 1.90. The molecule has 0 atom stereocenters. The predicted octanol–water partition coefficient (Wildman–Crippen LogP) is 3.12. The third-order valence-corrected chi connectivity index (χ3v) is 2.32. The van der Waals surface area contributed by atoms with Crippen LogP contribution < -0.4 is 10.6 Å². The average molecular weight is 274 g/mol. The number of rotatable bonds is 3. The van der Waals surface area contributed by atoms with Crippen LogP contribution in [0.15, 0.2) is 35.9 Å². The SMILES string of the molecule is CC(C)=CC(=O)Nc1ccc(C(=O)NC(C)(C)C)cc1. The quantitative estimate of drug-likeness (QED) is 0.832. The largest absolute Gasteiger partial charge is 0.347 e. The first-order chi connectivity index (χ1) is 9.17. The summed E-state index contributed by atoms with van der Waals surface area (Å²) in [6, 6.07) is 6.82. The van der Waals surface area contributed by atoms with E-state index in [2.05, 4.69) is 10.6 Å². The number of amides is 2. The minimum absolute atomic E-state index is 0.125. The van der Waals surface area contributed by atoms with Crippen molar-refractivity contribution in [3.05, 3.63) is 41.5 Å². The Balaban J connectivity index is 2.72. The highest BCUT2D eigenvalue weighted by Gasteiger charge is 2.14. The van der Waals surface area contributed by atoms with Crippen LogP contribution in [-0.2, 0) is 4.79 Å². The maximum absolute atomic E-state index is 11.9. The van der Waals surface area contributed by atoms with E-state index in [1.165, 1.54) is 6.08 Å². The van der Waals surface area contributed by atoms with Crippen molar-refractivity contribution in [2.75, 3.05) is 5.32 Å². The number of carbonyl (C=O) groups excluding carboxylic acids is 2. The van der Waals surface area contributed by atoms with E-state index in [1.807, 2.05) is 34.6 Å². The van der Waals surface area contributed by atoms with Crippen LogP contribution in [0.4, 0.5) is 5.69 Å². The molecule has 0 saturated heterocycles. The number of hydrogen-bond acceptors (Lipinski definition) is 2. The highest BCUT2D eigenvalue weighted by molar-refractivity contribution is 6.00. The second-order valence-corrected chi connectivity index (χ2v) is 5.99. The molecule has 4 heteroatoms. The second kappa shape index (κ2) is 6.37. The van der Waals surface area contributed by atoms with Gasteiger partial charge in [0.1, 0.15) is 0 Å². The number of allylic oxidation sites excluding steroid dienone is 1. The molecule has 108 valence electrons. The molecular weight excluding hydrogens is 252 g/mol. The van der Waals surface area contributed by atoms with Gasteiger partial charge in [-0.25, -0.2) is 0 Å². The first-order valence-electron chi connectivity index (χ1n) is 6.56. The molecule has 0 bridgehead atoms. The lowest BCUT2D eigenvalue weighted by Gasteiger charge is -2.20. The molecule has 20 heavy (non-hydrogen) atoms. The number of hydrogen-bond donors (Lipinski definition) is 2. The van der Waals surface area contributed by atoms with Gasteiger partial charge >= 0.3 is 0 Å². The molecule has 0 heterocycles. The maximum Gasteiger partial charge on any atom is 0.251 e. The molecule has 0 radical (unpaired) electrons. The molecular formula is C16H22N2O2. The number of anilines is 1. The van der Waals surface area contributed by atoms with Crippen molar-refractivity contribution >= 4 is 17.5 Å². The van der Waals surface area contributed by atoms with Gasteiger partial charge in [-0.2, -0.15) is 0 Å². The van der Waals surface area contributed by atoms with E-state index in [0.29, 0.717) is 11.3 Å². The van der Waals surface area contributed by atoms with Gasteiger partial charge in [-0.05, 0) is 58.9 Å². The van der Waals surface area contributed by atoms with Gasteiger partial charge in [0.05, 0.1) is 0 Å². The van der Waals surface area contributed by atoms with E-state index in [9.17, 15) is 9.59 Å². The minimum Gasteiger partial charge on any atom is -0.347 e. The normalized spacial score (nSPS) is 10.7. The molecule has 0 fully saturated rings. The molecule has 0 aliphatic rings. The third-order valence-electron chi connectivity index (χ3n) is 2.32. The summed E-state index contributed by atoms with van der Waals surface area (Å²) in [7, 11) is 0. The summed E-state index contributed by atoms with van der Waals surface area (Å²) in [5.74, 6) is -0.295. The maximum atomic E-state index is 11.9. The summed E-state index contributed by atoms with van der Waals surface area (Å²) in [5, 5.41) is 5.63. The molecule has 1 rings (SSSR count). The zero-order chi connectivity index (χ0) is 15.3. The Labute approximate surface area is 120 Å². The molecule has 2 N–H and O–H groups in total. The Bertz CT molecular complexity index is 518. The summed E-state index contributed by atoms with van der Waals surface area (Å²) >= 11 is 0. The van der Waals surface area contributed by atoms with Crippen molar-refractivity contribution in [2.24, 2.45) is 0 Å². The second-order valence-electron chi connectivity index (χ2n) is 5.99. The molecule has 0 aliphatic carbocycles. The Morgan fingerprint density at radius 1 is 1.05 bits per heavy atom. The van der Waals surface area contributed by atoms with Crippen LogP contribution in [0.3, 0.4) is 0 Å². The van der Waals surface area contributed by atoms with Gasteiger partial charge in [0, 0.05) is 22.9 Å². The molecule has 0 spiro atoms. The van der Waals surface area contributed by atoms with Gasteiger partial charge in [0.2, 0.25) is 5.91 Å². The van der Waals surface area contributed by atoms with Crippen molar-refractivity contribution in [1.82, 2.24) is 5.32 Å². The van der Waals surface area contributed by atoms with Crippen LogP contribution in [0.5, 0.6) is 0 Å². The molecule has 2 amide bonds. The number of carbonyl (C=O) groups is 2. The van der Waals surface area contributed by atoms with E-state index in [4.69, 9.17) is 0 Å². The molecule has 1 aromatic carbocycles. The van der Waals surface area contributed by atoms with Gasteiger partial charge < -0.3 is 10.6 Å². The van der Waals surface area contributed by atoms with Crippen LogP contribution in [-0.4, -0.2) is 17.4 Å². The topological polar surface area (TPSA) is 58.2 Å². The van der Waals surface area contributed by atoms with Crippen LogP contribution >= 0.6 is 0 Å². The van der Waals surface area contributed by atoms with E-state index in [-0.39, 0.29) is 17.4 Å². The fraction of sp³-hybridized carbons (Fsp3) is 0.375. The molecule has 0 aliphatic heterocycles. The summed E-state index contributed by atoms with van der Waals surface area (Å²) in [6.45, 7) is 9.51. The minimum atomic E-state index is -0.270. The molecule has 0 saturated carbocycles. The van der Waals surface area contributed by atoms with E-state index in [0.717, 1.165) is 5.57 Å². The monoisotopic (exact) mass is 274 g/mol. The molecule has 1 aromatic rings. The Hall–Kier alpha value is -2.10. The molecule has 4 nitrogen and oxygen atoms in total. The zero-order valence-corrected chi connectivity index (χ0v) is 12.7. The van der Waals surface area contributed by atoms with E-state index < -0.39 is 0 Å². The lowest BCUT2D eigenvalue weighted by molar-refractivity contribution is -0.111. The third kappa shape index (κ3) is 5.69. The first kappa shape index (κ1) is 16.0. The van der Waals surface area contributed by atoms with Gasteiger partial charge in [-0.3, -0.25) is 9.59 Å². The summed E-state index contributed by atoms with van der Waals surface area (Å²) in [6.07, 6.45) is 1.53. The molecule has 0 unspecified atom stereocenters. The molecule has 0 aromatic heterocycles. The van der Waals surface area contributed by atoms with Gasteiger partial charge in [-0.1, -0.05) is 5.57 Å². The van der Waals surface area contributed by atoms with Crippen LogP contribution in [0.2, 0.25) is 0 Å². The van der Waals surface area contributed by atoms with Crippen molar-refractivity contribution in [2.45, 2.75) is 40.2 Å². The Kier molecular flexibility index (Phi) is 5.08. The van der Waals surface area contributed by atoms with Gasteiger partial charge in [-0.15, -0.1) is 0 Å². The van der Waals surface area contributed by atoms with Crippen molar-refractivity contribution in [1.29, 1.82) is 0 Å². The zero-order valence-electron chi connectivity index (χ0n) is 12.7. The predicted molar refractivity (Wildman–Crippen MR) is 81.7 cm³/mol. The van der Waals surface area contributed by atoms with Gasteiger partial charge in [0.15, 0.2) is 0 Å². The fourth-order valence-corrected chi connectivity index (χ4v) is 1.56. The van der Waals surface area contributed by atoms with Gasteiger partial charge in [0.25, 0.3) is 5.91 Å². The lowest BCUT2D eigenvalue weighted by atomic mass is 10.1. The Morgan fingerprint density at radius 2 is 1.60 bits per heavy atom. The van der Waals surface area contributed by atoms with E-state index >= 15 is 0 Å². The van der Waals surface area contributed by atoms with Crippen LogP contribution in [0.25, 0.3) is 0 Å². The fourth-order valence-electron chi connectivity index (χ4n) is 1.56.